The molecular formula is C17H19NO2. The van der Waals surface area contributed by atoms with Crippen molar-refractivity contribution < 1.29 is 9.53 Å². The third kappa shape index (κ3) is 3.85. The lowest BCUT2D eigenvalue weighted by Gasteiger charge is -2.09. The van der Waals surface area contributed by atoms with E-state index in [1.807, 2.05) is 53.2 Å². The summed E-state index contributed by atoms with van der Waals surface area (Å²) in [6, 6.07) is 13.7. The quantitative estimate of drug-likeness (QED) is 0.436. The number of benzene rings is 1. The first-order valence-corrected chi connectivity index (χ1v) is 6.78. The van der Waals surface area contributed by atoms with Crippen LogP contribution in [0.1, 0.15) is 28.9 Å². The Labute approximate surface area is 119 Å². The summed E-state index contributed by atoms with van der Waals surface area (Å²) in [7, 11) is 0. The zero-order chi connectivity index (χ0) is 14.2. The Morgan fingerprint density at radius 3 is 2.75 bits per heavy atom. The average molecular weight is 269 g/mol. The van der Waals surface area contributed by atoms with Gasteiger partial charge in [0.25, 0.3) is 0 Å². The maximum absolute atomic E-state index is 12.0. The summed E-state index contributed by atoms with van der Waals surface area (Å²) in [5.41, 5.74) is 1.75. The third-order valence-corrected chi connectivity index (χ3v) is 3.02. The zero-order valence-electron chi connectivity index (χ0n) is 11.5. The van der Waals surface area contributed by atoms with Gasteiger partial charge in [-0.2, -0.15) is 0 Å². The Bertz CT molecular complexity index is 557. The minimum absolute atomic E-state index is 0.269. The summed E-state index contributed by atoms with van der Waals surface area (Å²) in [5.74, 6) is -0.269. The van der Waals surface area contributed by atoms with Gasteiger partial charge in [-0.25, -0.2) is 4.79 Å². The molecule has 0 spiro atoms. The molecule has 0 bridgehead atoms. The second-order valence-corrected chi connectivity index (χ2v) is 4.57. The molecule has 0 radical (unpaired) electrons. The maximum atomic E-state index is 12.0. The highest BCUT2D eigenvalue weighted by molar-refractivity contribution is 5.87. The van der Waals surface area contributed by atoms with Crippen LogP contribution in [-0.2, 0) is 11.3 Å². The van der Waals surface area contributed by atoms with Crippen LogP contribution in [0.2, 0.25) is 0 Å². The van der Waals surface area contributed by atoms with Gasteiger partial charge < -0.3 is 9.30 Å². The van der Waals surface area contributed by atoms with Gasteiger partial charge in [-0.3, -0.25) is 0 Å². The van der Waals surface area contributed by atoms with Crippen molar-refractivity contribution in [3.63, 3.8) is 0 Å². The Morgan fingerprint density at radius 2 is 2.00 bits per heavy atom. The predicted octanol–water partition coefficient (Wildman–Crippen LogP) is 3.66. The average Bonchev–Trinajstić information content (AvgIpc) is 2.93. The number of nitrogens with zero attached hydrogens (tertiary/aromatic N) is 1. The fourth-order valence-electron chi connectivity index (χ4n) is 1.98. The maximum Gasteiger partial charge on any atom is 0.354 e. The van der Waals surface area contributed by atoms with Crippen LogP contribution >= 0.6 is 0 Å². The number of aromatic nitrogens is 1. The van der Waals surface area contributed by atoms with E-state index in [4.69, 9.17) is 4.74 Å². The van der Waals surface area contributed by atoms with Crippen LogP contribution in [0.4, 0.5) is 0 Å². The normalized spacial score (nSPS) is 10.2. The highest BCUT2D eigenvalue weighted by Gasteiger charge is 2.12. The van der Waals surface area contributed by atoms with Gasteiger partial charge in [0.05, 0.1) is 6.61 Å². The molecule has 0 unspecified atom stereocenters. The molecule has 0 aliphatic carbocycles. The van der Waals surface area contributed by atoms with Crippen molar-refractivity contribution in [1.29, 1.82) is 0 Å². The number of esters is 1. The first-order valence-electron chi connectivity index (χ1n) is 6.78. The molecule has 104 valence electrons. The monoisotopic (exact) mass is 269 g/mol. The van der Waals surface area contributed by atoms with Crippen molar-refractivity contribution in [2.45, 2.75) is 19.4 Å². The summed E-state index contributed by atoms with van der Waals surface area (Å²) >= 11 is 0. The first-order chi connectivity index (χ1) is 9.81. The van der Waals surface area contributed by atoms with Crippen LogP contribution in [-0.4, -0.2) is 17.1 Å². The van der Waals surface area contributed by atoms with E-state index in [1.54, 1.807) is 6.07 Å². The van der Waals surface area contributed by atoms with E-state index in [0.717, 1.165) is 18.4 Å². The van der Waals surface area contributed by atoms with E-state index in [0.29, 0.717) is 18.8 Å². The van der Waals surface area contributed by atoms with E-state index in [2.05, 4.69) is 6.58 Å². The fourth-order valence-corrected chi connectivity index (χ4v) is 1.98. The van der Waals surface area contributed by atoms with Gasteiger partial charge in [-0.05, 0) is 30.5 Å². The molecule has 2 aromatic rings. The summed E-state index contributed by atoms with van der Waals surface area (Å²) in [6.07, 6.45) is 5.40. The molecule has 0 fully saturated rings. The number of ether oxygens (including phenoxy) is 1. The molecule has 0 N–H and O–H groups in total. The smallest absolute Gasteiger partial charge is 0.354 e. The van der Waals surface area contributed by atoms with Gasteiger partial charge in [0.1, 0.15) is 5.69 Å². The molecular weight excluding hydrogens is 250 g/mol. The second-order valence-electron chi connectivity index (χ2n) is 4.57. The zero-order valence-corrected chi connectivity index (χ0v) is 11.5. The van der Waals surface area contributed by atoms with Crippen molar-refractivity contribution in [3.8, 4) is 0 Å². The first kappa shape index (κ1) is 14.1. The van der Waals surface area contributed by atoms with Crippen LogP contribution in [0.5, 0.6) is 0 Å². The standard InChI is InChI=1S/C17H19NO2/c1-2-3-7-13-20-17(19)16-11-8-12-18(16)14-15-9-5-4-6-10-15/h2,4-6,8-12H,1,3,7,13-14H2. The largest absolute Gasteiger partial charge is 0.461 e. The van der Waals surface area contributed by atoms with Gasteiger partial charge >= 0.3 is 5.97 Å². The van der Waals surface area contributed by atoms with E-state index >= 15 is 0 Å². The minimum atomic E-state index is -0.269. The van der Waals surface area contributed by atoms with E-state index in [9.17, 15) is 4.79 Å². The molecule has 0 amide bonds. The van der Waals surface area contributed by atoms with Crippen LogP contribution in [0.3, 0.4) is 0 Å². The molecule has 1 aromatic carbocycles. The summed E-state index contributed by atoms with van der Waals surface area (Å²) in [5, 5.41) is 0. The Morgan fingerprint density at radius 1 is 1.20 bits per heavy atom. The van der Waals surface area contributed by atoms with Crippen molar-refractivity contribution in [3.05, 3.63) is 72.6 Å². The van der Waals surface area contributed by atoms with Crippen molar-refractivity contribution in [2.24, 2.45) is 0 Å². The molecule has 0 aliphatic rings. The molecule has 1 heterocycles. The minimum Gasteiger partial charge on any atom is -0.461 e. The highest BCUT2D eigenvalue weighted by Crippen LogP contribution is 2.09. The SMILES string of the molecule is C=CCCCOC(=O)c1cccn1Cc1ccccc1. The Hall–Kier alpha value is -2.29. The Kier molecular flexibility index (Phi) is 5.18. The highest BCUT2D eigenvalue weighted by atomic mass is 16.5. The van der Waals surface area contributed by atoms with Crippen LogP contribution in [0.25, 0.3) is 0 Å². The number of carbonyl (C=O) groups is 1. The molecule has 0 atom stereocenters. The van der Waals surface area contributed by atoms with Crippen molar-refractivity contribution in [1.82, 2.24) is 4.57 Å². The Balaban J connectivity index is 1.97. The number of hydrogen-bond donors (Lipinski definition) is 0. The lowest BCUT2D eigenvalue weighted by Crippen LogP contribution is -2.13. The number of unbranched alkanes of at least 4 members (excludes halogenated alkanes) is 1. The van der Waals surface area contributed by atoms with Gasteiger partial charge in [0.15, 0.2) is 0 Å². The van der Waals surface area contributed by atoms with Crippen LogP contribution in [0, 0.1) is 0 Å². The second kappa shape index (κ2) is 7.34. The van der Waals surface area contributed by atoms with Gasteiger partial charge in [-0.15, -0.1) is 6.58 Å². The molecule has 0 aliphatic heterocycles. The third-order valence-electron chi connectivity index (χ3n) is 3.02. The number of allylic oxidation sites excluding steroid dienone is 1. The molecule has 2 rings (SSSR count). The van der Waals surface area contributed by atoms with E-state index in [-0.39, 0.29) is 5.97 Å². The van der Waals surface area contributed by atoms with Crippen molar-refractivity contribution >= 4 is 5.97 Å². The summed E-state index contributed by atoms with van der Waals surface area (Å²) < 4.78 is 7.17. The van der Waals surface area contributed by atoms with E-state index < -0.39 is 0 Å². The number of hydrogen-bond acceptors (Lipinski definition) is 2. The van der Waals surface area contributed by atoms with Crippen molar-refractivity contribution in [2.75, 3.05) is 6.61 Å². The molecule has 1 aromatic heterocycles. The molecule has 0 saturated carbocycles. The topological polar surface area (TPSA) is 31.2 Å². The predicted molar refractivity (Wildman–Crippen MR) is 79.7 cm³/mol. The van der Waals surface area contributed by atoms with Crippen LogP contribution < -0.4 is 0 Å². The van der Waals surface area contributed by atoms with Gasteiger partial charge in [0.2, 0.25) is 0 Å². The number of carbonyl (C=O) groups excluding carboxylic acids is 1. The lowest BCUT2D eigenvalue weighted by molar-refractivity contribution is 0.0489. The summed E-state index contributed by atoms with van der Waals surface area (Å²) in [6.45, 7) is 4.75. The van der Waals surface area contributed by atoms with E-state index in [1.165, 1.54) is 0 Å². The molecule has 20 heavy (non-hydrogen) atoms. The van der Waals surface area contributed by atoms with Crippen LogP contribution in [0.15, 0.2) is 61.3 Å². The van der Waals surface area contributed by atoms with Gasteiger partial charge in [0, 0.05) is 12.7 Å². The number of rotatable bonds is 7. The van der Waals surface area contributed by atoms with Gasteiger partial charge in [-0.1, -0.05) is 36.4 Å². The molecule has 3 nitrogen and oxygen atoms in total. The lowest BCUT2D eigenvalue weighted by atomic mass is 10.2. The fraction of sp³-hybridized carbons (Fsp3) is 0.235. The molecule has 0 saturated heterocycles. The summed E-state index contributed by atoms with van der Waals surface area (Å²) in [4.78, 5) is 12.0. The molecule has 3 heteroatoms.